The van der Waals surface area contributed by atoms with Crippen LogP contribution in [0.1, 0.15) is 25.3 Å². The van der Waals surface area contributed by atoms with Gasteiger partial charge in [0, 0.05) is 0 Å². The lowest BCUT2D eigenvalue weighted by atomic mass is 9.98. The van der Waals surface area contributed by atoms with Crippen LogP contribution in [0.4, 0.5) is 5.82 Å². The van der Waals surface area contributed by atoms with E-state index in [4.69, 9.17) is 14.7 Å². The van der Waals surface area contributed by atoms with E-state index in [-0.39, 0.29) is 0 Å². The first-order chi connectivity index (χ1) is 9.66. The molecular formula is C16H16N2O2. The average Bonchev–Trinajstić information content (AvgIpc) is 3.07. The van der Waals surface area contributed by atoms with Crippen LogP contribution in [0.15, 0.2) is 51.8 Å². The van der Waals surface area contributed by atoms with E-state index in [1.54, 1.807) is 12.5 Å². The summed E-state index contributed by atoms with van der Waals surface area (Å²) in [6.07, 6.45) is 3.21. The molecule has 20 heavy (non-hydrogen) atoms. The molecule has 3 aromatic rings. The quantitative estimate of drug-likeness (QED) is 0.768. The van der Waals surface area contributed by atoms with Gasteiger partial charge >= 0.3 is 0 Å². The highest BCUT2D eigenvalue weighted by Crippen LogP contribution is 2.37. The smallest absolute Gasteiger partial charge is 0.180 e. The van der Waals surface area contributed by atoms with Gasteiger partial charge in [-0.1, -0.05) is 43.3 Å². The number of hydrogen-bond acceptors (Lipinski definition) is 4. The summed E-state index contributed by atoms with van der Waals surface area (Å²) in [5.74, 6) is 1.52. The van der Waals surface area contributed by atoms with E-state index in [1.807, 2.05) is 18.2 Å². The third-order valence-electron chi connectivity index (χ3n) is 3.37. The van der Waals surface area contributed by atoms with Crippen LogP contribution in [0.2, 0.25) is 0 Å². The number of nitrogens with zero attached hydrogens (tertiary/aromatic N) is 1. The normalized spacial score (nSPS) is 11.2. The lowest BCUT2D eigenvalue weighted by Gasteiger charge is -2.06. The van der Waals surface area contributed by atoms with E-state index in [2.05, 4.69) is 31.1 Å². The number of rotatable bonds is 3. The maximum atomic E-state index is 5.94. The summed E-state index contributed by atoms with van der Waals surface area (Å²) >= 11 is 0. The van der Waals surface area contributed by atoms with Crippen LogP contribution in [0, 0.1) is 0 Å². The number of nitrogen functional groups attached to an aromatic ring is 1. The van der Waals surface area contributed by atoms with E-state index in [1.165, 1.54) is 5.56 Å². The van der Waals surface area contributed by atoms with Crippen LogP contribution >= 0.6 is 0 Å². The average molecular weight is 268 g/mol. The van der Waals surface area contributed by atoms with Crippen molar-refractivity contribution in [3.8, 4) is 22.5 Å². The Kier molecular flexibility index (Phi) is 3.06. The fourth-order valence-corrected chi connectivity index (χ4v) is 2.21. The highest BCUT2D eigenvalue weighted by Gasteiger charge is 2.18. The Balaban J connectivity index is 2.08. The van der Waals surface area contributed by atoms with Crippen LogP contribution in [-0.4, -0.2) is 5.16 Å². The molecule has 4 nitrogen and oxygen atoms in total. The molecule has 0 aliphatic carbocycles. The molecule has 0 aliphatic heterocycles. The van der Waals surface area contributed by atoms with E-state index < -0.39 is 0 Å². The second kappa shape index (κ2) is 4.89. The predicted molar refractivity (Wildman–Crippen MR) is 78.1 cm³/mol. The van der Waals surface area contributed by atoms with Crippen LogP contribution in [0.25, 0.3) is 22.5 Å². The number of hydrogen-bond donors (Lipinski definition) is 1. The molecule has 0 atom stereocenters. The molecule has 0 unspecified atom stereocenters. The summed E-state index contributed by atoms with van der Waals surface area (Å²) < 4.78 is 10.4. The van der Waals surface area contributed by atoms with Crippen molar-refractivity contribution >= 4 is 5.82 Å². The van der Waals surface area contributed by atoms with Gasteiger partial charge in [-0.15, -0.1) is 0 Å². The SMILES string of the molecule is CC(C)c1ccc(-c2c(N)noc2-c2ccoc2)cc1. The molecule has 0 amide bonds. The minimum absolute atomic E-state index is 0.387. The van der Waals surface area contributed by atoms with Gasteiger partial charge in [-0.25, -0.2) is 0 Å². The Bertz CT molecular complexity index is 695. The third-order valence-corrected chi connectivity index (χ3v) is 3.37. The van der Waals surface area contributed by atoms with Crippen LogP contribution in [0.3, 0.4) is 0 Å². The molecule has 102 valence electrons. The monoisotopic (exact) mass is 268 g/mol. The van der Waals surface area contributed by atoms with Gasteiger partial charge in [-0.05, 0) is 23.1 Å². The second-order valence-corrected chi connectivity index (χ2v) is 5.06. The Hall–Kier alpha value is -2.49. The highest BCUT2D eigenvalue weighted by atomic mass is 16.5. The van der Waals surface area contributed by atoms with Gasteiger partial charge in [-0.2, -0.15) is 0 Å². The summed E-state index contributed by atoms with van der Waals surface area (Å²) in [7, 11) is 0. The zero-order valence-electron chi connectivity index (χ0n) is 11.5. The lowest BCUT2D eigenvalue weighted by Crippen LogP contribution is -1.90. The molecule has 2 heterocycles. The van der Waals surface area contributed by atoms with Crippen LogP contribution in [-0.2, 0) is 0 Å². The topological polar surface area (TPSA) is 65.2 Å². The summed E-state index contributed by atoms with van der Waals surface area (Å²) in [5.41, 5.74) is 9.86. The molecule has 4 heteroatoms. The zero-order valence-corrected chi connectivity index (χ0v) is 11.5. The minimum atomic E-state index is 0.387. The van der Waals surface area contributed by atoms with E-state index >= 15 is 0 Å². The van der Waals surface area contributed by atoms with Gasteiger partial charge in [0.2, 0.25) is 0 Å². The summed E-state index contributed by atoms with van der Waals surface area (Å²) in [6, 6.07) is 10.1. The fourth-order valence-electron chi connectivity index (χ4n) is 2.21. The van der Waals surface area contributed by atoms with Crippen LogP contribution < -0.4 is 5.73 Å². The van der Waals surface area contributed by atoms with Crippen molar-refractivity contribution in [2.24, 2.45) is 0 Å². The molecule has 0 bridgehead atoms. The van der Waals surface area contributed by atoms with Crippen molar-refractivity contribution in [3.05, 3.63) is 48.4 Å². The zero-order chi connectivity index (χ0) is 14.1. The number of anilines is 1. The third kappa shape index (κ3) is 2.09. The van der Waals surface area contributed by atoms with Crippen molar-refractivity contribution < 1.29 is 8.94 Å². The molecule has 2 N–H and O–H groups in total. The predicted octanol–water partition coefficient (Wildman–Crippen LogP) is 4.31. The standard InChI is InChI=1S/C16H16N2O2/c1-10(2)11-3-5-12(6-4-11)14-15(20-18-16(14)17)13-7-8-19-9-13/h3-10H,1-2H3,(H2,17,18). The molecule has 2 aromatic heterocycles. The van der Waals surface area contributed by atoms with Gasteiger partial charge in [0.1, 0.15) is 6.26 Å². The number of benzene rings is 1. The first-order valence-corrected chi connectivity index (χ1v) is 6.55. The largest absolute Gasteiger partial charge is 0.472 e. The molecule has 0 fully saturated rings. The maximum absolute atomic E-state index is 5.94. The van der Waals surface area contributed by atoms with Gasteiger partial charge in [0.05, 0.1) is 17.4 Å². The molecule has 0 saturated heterocycles. The Morgan fingerprint density at radius 1 is 1.05 bits per heavy atom. The van der Waals surface area contributed by atoms with Gasteiger partial charge in [0.25, 0.3) is 0 Å². The van der Waals surface area contributed by atoms with Crippen molar-refractivity contribution in [2.75, 3.05) is 5.73 Å². The van der Waals surface area contributed by atoms with E-state index in [0.717, 1.165) is 16.7 Å². The Labute approximate surface area is 117 Å². The molecule has 0 spiro atoms. The summed E-state index contributed by atoms with van der Waals surface area (Å²) in [4.78, 5) is 0. The lowest BCUT2D eigenvalue weighted by molar-refractivity contribution is 0.435. The fraction of sp³-hybridized carbons (Fsp3) is 0.188. The summed E-state index contributed by atoms with van der Waals surface area (Å²) in [5, 5.41) is 3.87. The molecule has 0 aliphatic rings. The highest BCUT2D eigenvalue weighted by molar-refractivity contribution is 5.86. The van der Waals surface area contributed by atoms with Gasteiger partial charge in [-0.3, -0.25) is 0 Å². The number of nitrogens with two attached hydrogens (primary N) is 1. The van der Waals surface area contributed by atoms with Crippen molar-refractivity contribution in [2.45, 2.75) is 19.8 Å². The van der Waals surface area contributed by atoms with E-state index in [9.17, 15) is 0 Å². The molecule has 3 rings (SSSR count). The summed E-state index contributed by atoms with van der Waals surface area (Å²) in [6.45, 7) is 4.33. The Morgan fingerprint density at radius 2 is 1.80 bits per heavy atom. The Morgan fingerprint density at radius 3 is 2.40 bits per heavy atom. The molecule has 0 saturated carbocycles. The number of aromatic nitrogens is 1. The van der Waals surface area contributed by atoms with Gasteiger partial charge in [0.15, 0.2) is 11.6 Å². The number of furan rings is 1. The minimum Gasteiger partial charge on any atom is -0.472 e. The van der Waals surface area contributed by atoms with Crippen LogP contribution in [0.5, 0.6) is 0 Å². The van der Waals surface area contributed by atoms with Crippen molar-refractivity contribution in [3.63, 3.8) is 0 Å². The molecule has 0 radical (unpaired) electrons. The molecular weight excluding hydrogens is 252 g/mol. The van der Waals surface area contributed by atoms with Gasteiger partial charge < -0.3 is 14.7 Å². The first-order valence-electron chi connectivity index (χ1n) is 6.55. The second-order valence-electron chi connectivity index (χ2n) is 5.06. The van der Waals surface area contributed by atoms with E-state index in [0.29, 0.717) is 17.5 Å². The maximum Gasteiger partial charge on any atom is 0.180 e. The van der Waals surface area contributed by atoms with Crippen molar-refractivity contribution in [1.82, 2.24) is 5.16 Å². The first kappa shape index (κ1) is 12.5. The molecule has 1 aromatic carbocycles. The van der Waals surface area contributed by atoms with Crippen molar-refractivity contribution in [1.29, 1.82) is 0 Å².